The van der Waals surface area contributed by atoms with E-state index >= 15 is 0 Å². The minimum absolute atomic E-state index is 0.0805. The van der Waals surface area contributed by atoms with E-state index in [1.54, 1.807) is 24.1 Å². The molecule has 9 heteroatoms. The molecule has 3 rings (SSSR count). The van der Waals surface area contributed by atoms with Crippen LogP contribution in [0.2, 0.25) is 0 Å². The molecule has 1 fully saturated rings. The first kappa shape index (κ1) is 20.4. The van der Waals surface area contributed by atoms with E-state index in [1.165, 1.54) is 18.3 Å². The number of carbonyl (C=O) groups excluding carboxylic acids is 2. The minimum Gasteiger partial charge on any atom is -0.359 e. The third-order valence-corrected chi connectivity index (χ3v) is 6.21. The van der Waals surface area contributed by atoms with Crippen molar-refractivity contribution in [3.8, 4) is 10.6 Å². The highest BCUT2D eigenvalue weighted by atomic mass is 32.1. The van der Waals surface area contributed by atoms with Gasteiger partial charge in [0.2, 0.25) is 11.7 Å². The molecule has 0 aliphatic carbocycles. The van der Waals surface area contributed by atoms with Gasteiger partial charge < -0.3 is 14.7 Å². The van der Waals surface area contributed by atoms with Crippen LogP contribution in [0.4, 0.5) is 8.78 Å². The molecule has 0 spiro atoms. The summed E-state index contributed by atoms with van der Waals surface area (Å²) in [5, 5.41) is 6.44. The van der Waals surface area contributed by atoms with Crippen LogP contribution in [-0.2, 0) is 10.7 Å². The highest BCUT2D eigenvalue weighted by Crippen LogP contribution is 2.38. The van der Waals surface area contributed by atoms with Gasteiger partial charge in [-0.05, 0) is 38.8 Å². The Kier molecular flexibility index (Phi) is 5.31. The molecule has 1 aliphatic rings. The summed E-state index contributed by atoms with van der Waals surface area (Å²) in [7, 11) is 1.59. The molecule has 0 radical (unpaired) electrons. The van der Waals surface area contributed by atoms with Crippen LogP contribution in [0.15, 0.2) is 16.7 Å². The zero-order valence-electron chi connectivity index (χ0n) is 16.3. The fraction of sp³-hybridized carbons (Fsp3) is 0.526. The number of halogens is 2. The van der Waals surface area contributed by atoms with Gasteiger partial charge in [0.1, 0.15) is 5.69 Å². The SMILES string of the molecule is CNC(=O)C1(C)CCCN(C(=O)c2ccc(-c3noc(C(C)(F)F)c3C)s2)C1. The van der Waals surface area contributed by atoms with Crippen molar-refractivity contribution in [1.82, 2.24) is 15.4 Å². The number of nitrogens with one attached hydrogen (secondary N) is 1. The summed E-state index contributed by atoms with van der Waals surface area (Å²) in [5.74, 6) is -3.85. The van der Waals surface area contributed by atoms with Crippen LogP contribution in [0.3, 0.4) is 0 Å². The van der Waals surface area contributed by atoms with E-state index in [9.17, 15) is 18.4 Å². The summed E-state index contributed by atoms with van der Waals surface area (Å²) in [6.07, 6.45) is 1.46. The normalized spacial score (nSPS) is 20.3. The molecular formula is C19H23F2N3O3S. The summed E-state index contributed by atoms with van der Waals surface area (Å²) >= 11 is 1.18. The second kappa shape index (κ2) is 7.27. The molecule has 2 aromatic rings. The number of piperidine rings is 1. The summed E-state index contributed by atoms with van der Waals surface area (Å²) in [5.41, 5.74) is -0.0412. The van der Waals surface area contributed by atoms with E-state index in [0.29, 0.717) is 28.5 Å². The second-order valence-corrected chi connectivity index (χ2v) is 8.59. The maximum Gasteiger partial charge on any atom is 0.304 e. The number of alkyl halides is 2. The first-order valence-corrected chi connectivity index (χ1v) is 9.85. The Labute approximate surface area is 165 Å². The summed E-state index contributed by atoms with van der Waals surface area (Å²) < 4.78 is 32.0. The van der Waals surface area contributed by atoms with Crippen molar-refractivity contribution in [2.75, 3.05) is 20.1 Å². The molecule has 2 aromatic heterocycles. The van der Waals surface area contributed by atoms with Crippen molar-refractivity contribution >= 4 is 23.2 Å². The molecule has 1 aliphatic heterocycles. The van der Waals surface area contributed by atoms with Crippen LogP contribution in [0.1, 0.15) is 47.7 Å². The standard InChI is InChI=1S/C19H23F2N3O3S/c1-11-14(23-27-15(11)19(3,20)21)12-6-7-13(28-12)16(25)24-9-5-8-18(2,10-24)17(26)22-4/h6-7H,5,8-10H2,1-4H3,(H,22,26). The van der Waals surface area contributed by atoms with Crippen LogP contribution in [-0.4, -0.2) is 42.0 Å². The van der Waals surface area contributed by atoms with Crippen molar-refractivity contribution in [3.63, 3.8) is 0 Å². The van der Waals surface area contributed by atoms with Crippen LogP contribution in [0.25, 0.3) is 10.6 Å². The number of likely N-dealkylation sites (tertiary alicyclic amines) is 1. The largest absolute Gasteiger partial charge is 0.359 e. The highest BCUT2D eigenvalue weighted by molar-refractivity contribution is 7.17. The Morgan fingerprint density at radius 3 is 2.71 bits per heavy atom. The second-order valence-electron chi connectivity index (χ2n) is 7.51. The molecule has 28 heavy (non-hydrogen) atoms. The van der Waals surface area contributed by atoms with Crippen molar-refractivity contribution in [1.29, 1.82) is 0 Å². The number of hydrogen-bond donors (Lipinski definition) is 1. The van der Waals surface area contributed by atoms with Crippen molar-refractivity contribution in [2.24, 2.45) is 5.41 Å². The average Bonchev–Trinajstić information content (AvgIpc) is 3.26. The number of aromatic nitrogens is 1. The van der Waals surface area contributed by atoms with Crippen LogP contribution < -0.4 is 5.32 Å². The molecule has 1 saturated heterocycles. The lowest BCUT2D eigenvalue weighted by atomic mass is 9.81. The summed E-state index contributed by atoms with van der Waals surface area (Å²) in [6.45, 7) is 5.06. The molecule has 1 N–H and O–H groups in total. The Bertz CT molecular complexity index is 903. The van der Waals surface area contributed by atoms with Gasteiger partial charge in [-0.2, -0.15) is 8.78 Å². The lowest BCUT2D eigenvalue weighted by Crippen LogP contribution is -2.51. The van der Waals surface area contributed by atoms with Crippen molar-refractivity contribution in [3.05, 3.63) is 28.3 Å². The van der Waals surface area contributed by atoms with Gasteiger partial charge in [0.05, 0.1) is 15.2 Å². The molecule has 152 valence electrons. The number of rotatable bonds is 4. The van der Waals surface area contributed by atoms with Crippen LogP contribution in [0.5, 0.6) is 0 Å². The van der Waals surface area contributed by atoms with Gasteiger partial charge >= 0.3 is 5.92 Å². The third kappa shape index (κ3) is 3.67. The lowest BCUT2D eigenvalue weighted by molar-refractivity contribution is -0.132. The molecule has 0 aromatic carbocycles. The molecule has 3 heterocycles. The monoisotopic (exact) mass is 411 g/mol. The highest BCUT2D eigenvalue weighted by Gasteiger charge is 2.39. The molecule has 1 atom stereocenters. The first-order chi connectivity index (χ1) is 13.1. The topological polar surface area (TPSA) is 75.4 Å². The van der Waals surface area contributed by atoms with Crippen molar-refractivity contribution < 1.29 is 22.9 Å². The Morgan fingerprint density at radius 2 is 2.11 bits per heavy atom. The molecular weight excluding hydrogens is 388 g/mol. The third-order valence-electron chi connectivity index (χ3n) is 5.13. The predicted molar refractivity (Wildman–Crippen MR) is 101 cm³/mol. The van der Waals surface area contributed by atoms with Crippen molar-refractivity contribution in [2.45, 2.75) is 39.5 Å². The van der Waals surface area contributed by atoms with Crippen LogP contribution in [0, 0.1) is 12.3 Å². The maximum absolute atomic E-state index is 13.6. The molecule has 0 saturated carbocycles. The van der Waals surface area contributed by atoms with Gasteiger partial charge in [-0.25, -0.2) is 0 Å². The van der Waals surface area contributed by atoms with Gasteiger partial charge in [-0.3, -0.25) is 9.59 Å². The number of nitrogens with zero attached hydrogens (tertiary/aromatic N) is 2. The van der Waals surface area contributed by atoms with E-state index in [2.05, 4.69) is 10.5 Å². The fourth-order valence-electron chi connectivity index (χ4n) is 3.61. The summed E-state index contributed by atoms with van der Waals surface area (Å²) in [6, 6.07) is 3.34. The summed E-state index contributed by atoms with van der Waals surface area (Å²) in [4.78, 5) is 27.9. The molecule has 1 unspecified atom stereocenters. The van der Waals surface area contributed by atoms with E-state index in [1.807, 2.05) is 6.92 Å². The number of hydrogen-bond acceptors (Lipinski definition) is 5. The first-order valence-electron chi connectivity index (χ1n) is 9.03. The predicted octanol–water partition coefficient (Wildman–Crippen LogP) is 3.81. The van der Waals surface area contributed by atoms with Gasteiger partial charge in [0.25, 0.3) is 5.91 Å². The number of amides is 2. The number of thiophene rings is 1. The molecule has 2 amide bonds. The lowest BCUT2D eigenvalue weighted by Gasteiger charge is -2.38. The number of carbonyl (C=O) groups is 2. The smallest absolute Gasteiger partial charge is 0.304 e. The zero-order valence-corrected chi connectivity index (χ0v) is 17.1. The van der Waals surface area contributed by atoms with Gasteiger partial charge in [0, 0.05) is 32.6 Å². The zero-order chi connectivity index (χ0) is 20.7. The van der Waals surface area contributed by atoms with E-state index < -0.39 is 17.1 Å². The van der Waals surface area contributed by atoms with E-state index in [0.717, 1.165) is 19.8 Å². The van der Waals surface area contributed by atoms with Crippen LogP contribution >= 0.6 is 11.3 Å². The fourth-order valence-corrected chi connectivity index (χ4v) is 4.62. The van der Waals surface area contributed by atoms with Gasteiger partial charge in [-0.15, -0.1) is 11.3 Å². The van der Waals surface area contributed by atoms with E-state index in [-0.39, 0.29) is 17.4 Å². The van der Waals surface area contributed by atoms with Gasteiger partial charge in [0.15, 0.2) is 0 Å². The molecule has 6 nitrogen and oxygen atoms in total. The Morgan fingerprint density at radius 1 is 1.39 bits per heavy atom. The molecule has 0 bridgehead atoms. The Hall–Kier alpha value is -2.29. The minimum atomic E-state index is -3.12. The quantitative estimate of drug-likeness (QED) is 0.830. The average molecular weight is 411 g/mol. The Balaban J connectivity index is 1.82. The van der Waals surface area contributed by atoms with E-state index in [4.69, 9.17) is 4.52 Å². The maximum atomic E-state index is 13.6. The van der Waals surface area contributed by atoms with Gasteiger partial charge in [-0.1, -0.05) is 5.16 Å².